The summed E-state index contributed by atoms with van der Waals surface area (Å²) >= 11 is 5.75. The molecule has 72 valence electrons. The van der Waals surface area contributed by atoms with E-state index < -0.39 is 4.92 Å². The van der Waals surface area contributed by atoms with Crippen molar-refractivity contribution in [1.29, 1.82) is 0 Å². The molecule has 5 heteroatoms. The molecule has 0 aliphatic rings. The van der Waals surface area contributed by atoms with E-state index in [4.69, 9.17) is 11.6 Å². The molecular weight excluding hydrogens is 204 g/mol. The molecule has 0 aliphatic carbocycles. The van der Waals surface area contributed by atoms with Gasteiger partial charge in [0.2, 0.25) is 0 Å². The molecule has 2 rings (SSSR count). The van der Waals surface area contributed by atoms with Gasteiger partial charge in [-0.3, -0.25) is 10.1 Å². The Bertz CT molecular complexity index is 519. The molecular formula is C9H7ClN2O2. The highest BCUT2D eigenvalue weighted by atomic mass is 35.5. The average Bonchev–Trinajstić information content (AvgIpc) is 2.42. The van der Waals surface area contributed by atoms with E-state index in [-0.39, 0.29) is 10.7 Å². The van der Waals surface area contributed by atoms with Gasteiger partial charge in [0.1, 0.15) is 5.02 Å². The van der Waals surface area contributed by atoms with E-state index in [2.05, 4.69) is 4.98 Å². The fraction of sp³-hybridized carbons (Fsp3) is 0.111. The molecule has 2 aromatic rings. The van der Waals surface area contributed by atoms with Gasteiger partial charge in [-0.15, -0.1) is 0 Å². The van der Waals surface area contributed by atoms with Crippen LogP contribution in [-0.4, -0.2) is 9.91 Å². The van der Waals surface area contributed by atoms with Crippen molar-refractivity contribution in [3.63, 3.8) is 0 Å². The number of hydrogen-bond acceptors (Lipinski definition) is 2. The number of fused-ring (bicyclic) bond motifs is 1. The smallest absolute Gasteiger partial charge is 0.289 e. The van der Waals surface area contributed by atoms with Crippen LogP contribution in [-0.2, 0) is 0 Å². The van der Waals surface area contributed by atoms with E-state index in [0.29, 0.717) is 0 Å². The molecule has 0 saturated carbocycles. The van der Waals surface area contributed by atoms with E-state index in [1.165, 1.54) is 6.07 Å². The molecule has 0 aliphatic heterocycles. The van der Waals surface area contributed by atoms with Crippen LogP contribution in [0.4, 0.5) is 5.69 Å². The van der Waals surface area contributed by atoms with Crippen LogP contribution in [0, 0.1) is 17.0 Å². The molecule has 0 radical (unpaired) electrons. The first kappa shape index (κ1) is 9.02. The summed E-state index contributed by atoms with van der Waals surface area (Å²) < 4.78 is 0. The number of H-pyrrole nitrogens is 1. The fourth-order valence-corrected chi connectivity index (χ4v) is 1.67. The molecule has 14 heavy (non-hydrogen) atoms. The molecule has 4 nitrogen and oxygen atoms in total. The molecule has 0 fully saturated rings. The van der Waals surface area contributed by atoms with E-state index in [1.54, 1.807) is 6.07 Å². The predicted molar refractivity (Wildman–Crippen MR) is 54.7 cm³/mol. The molecule has 1 aromatic heterocycles. The van der Waals surface area contributed by atoms with Crippen LogP contribution in [0.3, 0.4) is 0 Å². The zero-order valence-electron chi connectivity index (χ0n) is 7.37. The van der Waals surface area contributed by atoms with Gasteiger partial charge in [-0.2, -0.15) is 0 Å². The number of nitro benzene ring substituents is 1. The monoisotopic (exact) mass is 210 g/mol. The summed E-state index contributed by atoms with van der Waals surface area (Å²) in [6.45, 7) is 1.89. The number of hydrogen-bond donors (Lipinski definition) is 1. The van der Waals surface area contributed by atoms with Crippen molar-refractivity contribution in [3.8, 4) is 0 Å². The van der Waals surface area contributed by atoms with Crippen LogP contribution in [0.5, 0.6) is 0 Å². The molecule has 0 bridgehead atoms. The van der Waals surface area contributed by atoms with Gasteiger partial charge in [0, 0.05) is 17.1 Å². The summed E-state index contributed by atoms with van der Waals surface area (Å²) in [7, 11) is 0. The lowest BCUT2D eigenvalue weighted by Crippen LogP contribution is -1.88. The maximum absolute atomic E-state index is 10.6. The van der Waals surface area contributed by atoms with E-state index in [0.717, 1.165) is 16.6 Å². The van der Waals surface area contributed by atoms with Crippen molar-refractivity contribution in [3.05, 3.63) is 39.0 Å². The molecule has 1 aromatic carbocycles. The summed E-state index contributed by atoms with van der Waals surface area (Å²) in [5, 5.41) is 11.6. The molecule has 0 saturated heterocycles. The number of benzene rings is 1. The van der Waals surface area contributed by atoms with Crippen LogP contribution in [0.15, 0.2) is 18.2 Å². The molecule has 0 amide bonds. The molecule has 0 unspecified atom stereocenters. The third-order valence-corrected chi connectivity index (χ3v) is 2.32. The second kappa shape index (κ2) is 2.99. The Morgan fingerprint density at radius 2 is 2.14 bits per heavy atom. The Kier molecular flexibility index (Phi) is 1.93. The van der Waals surface area contributed by atoms with Crippen molar-refractivity contribution < 1.29 is 4.92 Å². The summed E-state index contributed by atoms with van der Waals surface area (Å²) in [4.78, 5) is 13.1. The van der Waals surface area contributed by atoms with Crippen molar-refractivity contribution in [1.82, 2.24) is 4.98 Å². The Balaban J connectivity index is 2.76. The number of nitrogens with zero attached hydrogens (tertiary/aromatic N) is 1. The second-order valence-corrected chi connectivity index (χ2v) is 3.51. The zero-order valence-corrected chi connectivity index (χ0v) is 8.13. The van der Waals surface area contributed by atoms with Gasteiger partial charge in [0.25, 0.3) is 5.69 Å². The van der Waals surface area contributed by atoms with Gasteiger partial charge < -0.3 is 4.98 Å². The summed E-state index contributed by atoms with van der Waals surface area (Å²) in [6, 6.07) is 4.94. The van der Waals surface area contributed by atoms with Crippen molar-refractivity contribution >= 4 is 28.2 Å². The van der Waals surface area contributed by atoms with Gasteiger partial charge in [0.15, 0.2) is 0 Å². The number of nitro groups is 1. The minimum Gasteiger partial charge on any atom is -0.358 e. The quantitative estimate of drug-likeness (QED) is 0.581. The van der Waals surface area contributed by atoms with Gasteiger partial charge in [-0.25, -0.2) is 0 Å². The third-order valence-electron chi connectivity index (χ3n) is 2.02. The summed E-state index contributed by atoms with van der Waals surface area (Å²) in [5.74, 6) is 0. The van der Waals surface area contributed by atoms with Crippen molar-refractivity contribution in [2.45, 2.75) is 6.92 Å². The first-order valence-corrected chi connectivity index (χ1v) is 4.39. The summed E-state index contributed by atoms with van der Waals surface area (Å²) in [5.41, 5.74) is 1.62. The maximum atomic E-state index is 10.6. The molecule has 1 N–H and O–H groups in total. The SMILES string of the molecule is Cc1cc2cc(Cl)c([N+](=O)[O-])cc2[nH]1. The lowest BCUT2D eigenvalue weighted by Gasteiger charge is -1.94. The summed E-state index contributed by atoms with van der Waals surface area (Å²) in [6.07, 6.45) is 0. The molecule has 1 heterocycles. The van der Waals surface area contributed by atoms with Crippen LogP contribution in [0.1, 0.15) is 5.69 Å². The number of aromatic nitrogens is 1. The minimum atomic E-state index is -0.488. The number of rotatable bonds is 1. The van der Waals surface area contributed by atoms with Crippen LogP contribution >= 0.6 is 11.6 Å². The standard InChI is InChI=1S/C9H7ClN2O2/c1-5-2-6-3-7(10)9(12(13)14)4-8(6)11-5/h2-4,11H,1H3. The highest BCUT2D eigenvalue weighted by molar-refractivity contribution is 6.33. The van der Waals surface area contributed by atoms with Crippen LogP contribution in [0.2, 0.25) is 5.02 Å². The third kappa shape index (κ3) is 1.33. The zero-order chi connectivity index (χ0) is 10.3. The van der Waals surface area contributed by atoms with Gasteiger partial charge in [-0.05, 0) is 19.1 Å². The first-order valence-electron chi connectivity index (χ1n) is 4.01. The maximum Gasteiger partial charge on any atom is 0.289 e. The Hall–Kier alpha value is -1.55. The van der Waals surface area contributed by atoms with E-state index >= 15 is 0 Å². The predicted octanol–water partition coefficient (Wildman–Crippen LogP) is 3.04. The highest BCUT2D eigenvalue weighted by Gasteiger charge is 2.13. The largest absolute Gasteiger partial charge is 0.358 e. The van der Waals surface area contributed by atoms with Gasteiger partial charge in [0.05, 0.1) is 10.4 Å². The van der Waals surface area contributed by atoms with Gasteiger partial charge in [-0.1, -0.05) is 11.6 Å². The van der Waals surface area contributed by atoms with Crippen molar-refractivity contribution in [2.75, 3.05) is 0 Å². The average molecular weight is 211 g/mol. The Morgan fingerprint density at radius 1 is 1.43 bits per heavy atom. The first-order chi connectivity index (χ1) is 6.58. The van der Waals surface area contributed by atoms with Crippen molar-refractivity contribution in [2.24, 2.45) is 0 Å². The highest BCUT2D eigenvalue weighted by Crippen LogP contribution is 2.29. The Morgan fingerprint density at radius 3 is 2.79 bits per heavy atom. The Labute approximate surface area is 84.6 Å². The topological polar surface area (TPSA) is 58.9 Å². The normalized spacial score (nSPS) is 10.7. The number of halogens is 1. The minimum absolute atomic E-state index is 0.0685. The number of aromatic amines is 1. The molecule has 0 atom stereocenters. The number of aryl methyl sites for hydroxylation is 1. The fourth-order valence-electron chi connectivity index (χ4n) is 1.43. The van der Waals surface area contributed by atoms with Gasteiger partial charge >= 0.3 is 0 Å². The lowest BCUT2D eigenvalue weighted by atomic mass is 10.2. The second-order valence-electron chi connectivity index (χ2n) is 3.10. The van der Waals surface area contributed by atoms with Crippen LogP contribution in [0.25, 0.3) is 10.9 Å². The molecule has 0 spiro atoms. The number of nitrogens with one attached hydrogen (secondary N) is 1. The van der Waals surface area contributed by atoms with E-state index in [9.17, 15) is 10.1 Å². The van der Waals surface area contributed by atoms with Crippen LogP contribution < -0.4 is 0 Å². The van der Waals surface area contributed by atoms with E-state index in [1.807, 2.05) is 13.0 Å². The lowest BCUT2D eigenvalue weighted by molar-refractivity contribution is -0.384.